The minimum absolute atomic E-state index is 0.0376. The van der Waals surface area contributed by atoms with Crippen molar-refractivity contribution in [1.82, 2.24) is 5.32 Å². The summed E-state index contributed by atoms with van der Waals surface area (Å²) in [5.41, 5.74) is 0.985. The van der Waals surface area contributed by atoms with Gasteiger partial charge >= 0.3 is 0 Å². The van der Waals surface area contributed by atoms with Crippen molar-refractivity contribution in [3.8, 4) is 5.75 Å². The van der Waals surface area contributed by atoms with Gasteiger partial charge in [-0.25, -0.2) is 4.39 Å². The number of hydrogen-bond donors (Lipinski definition) is 1. The molecule has 0 amide bonds. The van der Waals surface area contributed by atoms with Crippen LogP contribution in [0.4, 0.5) is 4.39 Å². The van der Waals surface area contributed by atoms with Crippen LogP contribution in [0.5, 0.6) is 5.75 Å². The smallest absolute Gasteiger partial charge is 0.165 e. The first-order valence-electron chi connectivity index (χ1n) is 7.10. The molecule has 2 nitrogen and oxygen atoms in total. The Morgan fingerprint density at radius 3 is 2.58 bits per heavy atom. The van der Waals surface area contributed by atoms with E-state index in [1.807, 2.05) is 6.07 Å². The third-order valence-electron chi connectivity index (χ3n) is 3.52. The predicted molar refractivity (Wildman–Crippen MR) is 75.8 cm³/mol. The Balaban J connectivity index is 1.88. The molecule has 0 aliphatic heterocycles. The first-order chi connectivity index (χ1) is 8.94. The van der Waals surface area contributed by atoms with Gasteiger partial charge in [-0.05, 0) is 57.2 Å². The molecule has 1 aliphatic rings. The first kappa shape index (κ1) is 14.3. The second-order valence-electron chi connectivity index (χ2n) is 6.48. The Morgan fingerprint density at radius 1 is 1.32 bits per heavy atom. The van der Waals surface area contributed by atoms with Crippen LogP contribution in [0.25, 0.3) is 0 Å². The lowest BCUT2D eigenvalue weighted by atomic mass is 9.86. The van der Waals surface area contributed by atoms with Crippen LogP contribution < -0.4 is 10.1 Å². The fourth-order valence-electron chi connectivity index (χ4n) is 2.01. The maximum absolute atomic E-state index is 13.9. The first-order valence-corrected chi connectivity index (χ1v) is 7.10. The number of rotatable bonds is 5. The zero-order chi connectivity index (χ0) is 13.9. The van der Waals surface area contributed by atoms with Gasteiger partial charge in [0, 0.05) is 12.1 Å². The Labute approximate surface area is 115 Å². The van der Waals surface area contributed by atoms with E-state index in [-0.39, 0.29) is 11.4 Å². The predicted octanol–water partition coefficient (Wildman–Crippen LogP) is 3.89. The SMILES string of the molecule is CC(C)(C)NCc1ccc(OCC2CCC2)c(F)c1. The van der Waals surface area contributed by atoms with Gasteiger partial charge in [0.1, 0.15) is 0 Å². The second kappa shape index (κ2) is 5.91. The summed E-state index contributed by atoms with van der Waals surface area (Å²) in [6, 6.07) is 5.24. The van der Waals surface area contributed by atoms with Gasteiger partial charge in [-0.1, -0.05) is 12.5 Å². The number of ether oxygens (including phenoxy) is 1. The second-order valence-corrected chi connectivity index (χ2v) is 6.48. The molecule has 0 heterocycles. The van der Waals surface area contributed by atoms with Gasteiger partial charge in [-0.15, -0.1) is 0 Å². The molecule has 0 atom stereocenters. The zero-order valence-electron chi connectivity index (χ0n) is 12.1. The molecule has 0 bridgehead atoms. The average molecular weight is 265 g/mol. The molecule has 0 aromatic heterocycles. The van der Waals surface area contributed by atoms with Crippen molar-refractivity contribution in [2.24, 2.45) is 5.92 Å². The maximum atomic E-state index is 13.9. The molecule has 0 unspecified atom stereocenters. The Hall–Kier alpha value is -1.09. The Kier molecular flexibility index (Phi) is 4.46. The summed E-state index contributed by atoms with van der Waals surface area (Å²) in [7, 11) is 0. The van der Waals surface area contributed by atoms with E-state index in [2.05, 4.69) is 26.1 Å². The van der Waals surface area contributed by atoms with Crippen LogP contribution in [0.3, 0.4) is 0 Å². The molecule has 1 aromatic rings. The summed E-state index contributed by atoms with van der Waals surface area (Å²) in [4.78, 5) is 0. The molecular formula is C16H24FNO. The quantitative estimate of drug-likeness (QED) is 0.872. The fraction of sp³-hybridized carbons (Fsp3) is 0.625. The molecule has 1 fully saturated rings. The number of benzene rings is 1. The maximum Gasteiger partial charge on any atom is 0.165 e. The molecule has 106 valence electrons. The molecule has 1 N–H and O–H groups in total. The van der Waals surface area contributed by atoms with Crippen molar-refractivity contribution >= 4 is 0 Å². The molecule has 1 saturated carbocycles. The van der Waals surface area contributed by atoms with Gasteiger partial charge in [0.25, 0.3) is 0 Å². The third kappa shape index (κ3) is 4.50. The van der Waals surface area contributed by atoms with E-state index in [4.69, 9.17) is 4.74 Å². The Morgan fingerprint density at radius 2 is 2.05 bits per heavy atom. The van der Waals surface area contributed by atoms with Crippen LogP contribution in [0.1, 0.15) is 45.6 Å². The summed E-state index contributed by atoms with van der Waals surface area (Å²) in [6.07, 6.45) is 3.72. The average Bonchev–Trinajstić information content (AvgIpc) is 2.26. The summed E-state index contributed by atoms with van der Waals surface area (Å²) in [5.74, 6) is 0.751. The van der Waals surface area contributed by atoms with E-state index < -0.39 is 0 Å². The lowest BCUT2D eigenvalue weighted by Gasteiger charge is -2.25. The van der Waals surface area contributed by atoms with Crippen LogP contribution in [0, 0.1) is 11.7 Å². The van der Waals surface area contributed by atoms with Gasteiger partial charge in [0.15, 0.2) is 11.6 Å². The van der Waals surface area contributed by atoms with Gasteiger partial charge < -0.3 is 10.1 Å². The minimum Gasteiger partial charge on any atom is -0.490 e. The third-order valence-corrected chi connectivity index (χ3v) is 3.52. The van der Waals surface area contributed by atoms with Gasteiger partial charge in [-0.3, -0.25) is 0 Å². The summed E-state index contributed by atoms with van der Waals surface area (Å²) >= 11 is 0. The van der Waals surface area contributed by atoms with Crippen LogP contribution in [0.2, 0.25) is 0 Å². The van der Waals surface area contributed by atoms with Crippen molar-refractivity contribution in [3.05, 3.63) is 29.6 Å². The van der Waals surface area contributed by atoms with Crippen molar-refractivity contribution in [3.63, 3.8) is 0 Å². The van der Waals surface area contributed by atoms with Crippen LogP contribution >= 0.6 is 0 Å². The molecule has 3 heteroatoms. The molecular weight excluding hydrogens is 241 g/mol. The Bertz CT molecular complexity index is 421. The van der Waals surface area contributed by atoms with Crippen molar-refractivity contribution in [2.45, 2.75) is 52.1 Å². The van der Waals surface area contributed by atoms with Crippen LogP contribution in [-0.2, 0) is 6.54 Å². The van der Waals surface area contributed by atoms with Crippen molar-refractivity contribution in [2.75, 3.05) is 6.61 Å². The normalized spacial score (nSPS) is 16.2. The minimum atomic E-state index is -0.257. The van der Waals surface area contributed by atoms with E-state index in [1.54, 1.807) is 12.1 Å². The topological polar surface area (TPSA) is 21.3 Å². The van der Waals surface area contributed by atoms with Crippen molar-refractivity contribution < 1.29 is 9.13 Å². The molecule has 0 saturated heterocycles. The van der Waals surface area contributed by atoms with E-state index in [0.29, 0.717) is 24.8 Å². The van der Waals surface area contributed by atoms with Gasteiger partial charge in [0.2, 0.25) is 0 Å². The highest BCUT2D eigenvalue weighted by atomic mass is 19.1. The lowest BCUT2D eigenvalue weighted by Crippen LogP contribution is -2.35. The number of halogens is 1. The van der Waals surface area contributed by atoms with Gasteiger partial charge in [0.05, 0.1) is 6.61 Å². The van der Waals surface area contributed by atoms with Crippen molar-refractivity contribution in [1.29, 1.82) is 0 Å². The summed E-state index contributed by atoms with van der Waals surface area (Å²) < 4.78 is 19.4. The highest BCUT2D eigenvalue weighted by Gasteiger charge is 2.18. The molecule has 1 aromatic carbocycles. The summed E-state index contributed by atoms with van der Waals surface area (Å²) in [6.45, 7) is 7.61. The number of hydrogen-bond acceptors (Lipinski definition) is 2. The largest absolute Gasteiger partial charge is 0.490 e. The number of nitrogens with one attached hydrogen (secondary N) is 1. The summed E-state index contributed by atoms with van der Waals surface area (Å²) in [5, 5.41) is 3.35. The molecule has 2 rings (SSSR count). The highest BCUT2D eigenvalue weighted by Crippen LogP contribution is 2.28. The zero-order valence-corrected chi connectivity index (χ0v) is 12.1. The molecule has 0 spiro atoms. The molecule has 19 heavy (non-hydrogen) atoms. The standard InChI is InChI=1S/C16H24FNO/c1-16(2,3)18-10-13-7-8-15(14(17)9-13)19-11-12-5-4-6-12/h7-9,12,18H,4-6,10-11H2,1-3H3. The molecule has 0 radical (unpaired) electrons. The highest BCUT2D eigenvalue weighted by molar-refractivity contribution is 5.29. The monoisotopic (exact) mass is 265 g/mol. The van der Waals surface area contributed by atoms with Crippen LogP contribution in [-0.4, -0.2) is 12.1 Å². The lowest BCUT2D eigenvalue weighted by molar-refractivity contribution is 0.175. The van der Waals surface area contributed by atoms with E-state index >= 15 is 0 Å². The van der Waals surface area contributed by atoms with E-state index in [1.165, 1.54) is 19.3 Å². The van der Waals surface area contributed by atoms with E-state index in [9.17, 15) is 4.39 Å². The fourth-order valence-corrected chi connectivity index (χ4v) is 2.01. The van der Waals surface area contributed by atoms with E-state index in [0.717, 1.165) is 5.56 Å². The van der Waals surface area contributed by atoms with Gasteiger partial charge in [-0.2, -0.15) is 0 Å². The molecule has 1 aliphatic carbocycles. The van der Waals surface area contributed by atoms with Crippen LogP contribution in [0.15, 0.2) is 18.2 Å².